The fraction of sp³-hybridized carbons (Fsp3) is 0.389. The monoisotopic (exact) mass is 348 g/mol. The first kappa shape index (κ1) is 18.7. The van der Waals surface area contributed by atoms with E-state index in [0.717, 1.165) is 6.08 Å². The van der Waals surface area contributed by atoms with Crippen molar-refractivity contribution in [1.82, 2.24) is 0 Å². The number of benzene rings is 1. The minimum Gasteiger partial charge on any atom is -0.478 e. The molecule has 1 saturated heterocycles. The van der Waals surface area contributed by atoms with Crippen LogP contribution >= 0.6 is 0 Å². The third-order valence-electron chi connectivity index (χ3n) is 3.63. The fourth-order valence-electron chi connectivity index (χ4n) is 2.19. The van der Waals surface area contributed by atoms with Crippen LogP contribution in [0.15, 0.2) is 30.9 Å². The van der Waals surface area contributed by atoms with Gasteiger partial charge in [0.05, 0.1) is 24.3 Å². The van der Waals surface area contributed by atoms with Gasteiger partial charge in [-0.05, 0) is 43.0 Å². The Kier molecular flexibility index (Phi) is 6.71. The summed E-state index contributed by atoms with van der Waals surface area (Å²) in [6, 6.07) is 4.32. The molecule has 1 fully saturated rings. The lowest BCUT2D eigenvalue weighted by Gasteiger charge is -2.10. The molecule has 0 aromatic heterocycles. The van der Waals surface area contributed by atoms with E-state index in [1.165, 1.54) is 18.2 Å². The van der Waals surface area contributed by atoms with Crippen LogP contribution in [0.2, 0.25) is 0 Å². The van der Waals surface area contributed by atoms with E-state index < -0.39 is 17.9 Å². The van der Waals surface area contributed by atoms with Crippen LogP contribution in [-0.4, -0.2) is 48.9 Å². The standard InChI is InChI=1S/C18H20O7/c1-2-16(19)23-8-4-3-5-12-9-13(17(20)21)6-7-15(12)18(22)25-11-14-10-24-14/h2,6-7,9,14H,1,3-5,8,10-11H2,(H,20,21). The van der Waals surface area contributed by atoms with Crippen molar-refractivity contribution < 1.29 is 33.7 Å². The van der Waals surface area contributed by atoms with Gasteiger partial charge in [0.15, 0.2) is 0 Å². The third-order valence-corrected chi connectivity index (χ3v) is 3.63. The zero-order chi connectivity index (χ0) is 18.2. The minimum atomic E-state index is -1.06. The Morgan fingerprint density at radius 3 is 2.68 bits per heavy atom. The van der Waals surface area contributed by atoms with E-state index in [2.05, 4.69) is 6.58 Å². The molecule has 7 heteroatoms. The number of carbonyl (C=O) groups is 3. The van der Waals surface area contributed by atoms with Crippen molar-refractivity contribution in [3.63, 3.8) is 0 Å². The van der Waals surface area contributed by atoms with Crippen LogP contribution in [0.1, 0.15) is 39.1 Å². The molecule has 1 aromatic rings. The van der Waals surface area contributed by atoms with Crippen LogP contribution in [0.5, 0.6) is 0 Å². The van der Waals surface area contributed by atoms with Crippen LogP contribution in [0.4, 0.5) is 0 Å². The molecule has 1 atom stereocenters. The lowest BCUT2D eigenvalue weighted by Crippen LogP contribution is -2.13. The van der Waals surface area contributed by atoms with Gasteiger partial charge in [0, 0.05) is 6.08 Å². The molecule has 2 rings (SSSR count). The van der Waals surface area contributed by atoms with Gasteiger partial charge in [0.1, 0.15) is 12.7 Å². The zero-order valence-corrected chi connectivity index (χ0v) is 13.7. The molecule has 0 radical (unpaired) electrons. The van der Waals surface area contributed by atoms with Crippen molar-refractivity contribution in [1.29, 1.82) is 0 Å². The van der Waals surface area contributed by atoms with Gasteiger partial charge in [-0.25, -0.2) is 14.4 Å². The number of aryl methyl sites for hydroxylation is 1. The second-order valence-corrected chi connectivity index (χ2v) is 5.56. The van der Waals surface area contributed by atoms with Crippen LogP contribution in [0.25, 0.3) is 0 Å². The smallest absolute Gasteiger partial charge is 0.338 e. The summed E-state index contributed by atoms with van der Waals surface area (Å²) in [7, 11) is 0. The molecular weight excluding hydrogens is 328 g/mol. The summed E-state index contributed by atoms with van der Waals surface area (Å²) in [4.78, 5) is 34.3. The number of hydrogen-bond donors (Lipinski definition) is 1. The molecule has 0 bridgehead atoms. The summed E-state index contributed by atoms with van der Waals surface area (Å²) in [5.41, 5.74) is 1.04. The van der Waals surface area contributed by atoms with Crippen molar-refractivity contribution in [2.45, 2.75) is 25.4 Å². The normalized spacial score (nSPS) is 15.3. The highest BCUT2D eigenvalue weighted by Gasteiger charge is 2.25. The molecule has 7 nitrogen and oxygen atoms in total. The summed E-state index contributed by atoms with van der Waals surface area (Å²) in [6.45, 7) is 4.32. The van der Waals surface area contributed by atoms with Crippen molar-refractivity contribution >= 4 is 17.9 Å². The van der Waals surface area contributed by atoms with E-state index in [1.54, 1.807) is 0 Å². The third kappa shape index (κ3) is 6.04. The molecule has 0 saturated carbocycles. The van der Waals surface area contributed by atoms with Gasteiger partial charge < -0.3 is 19.3 Å². The molecular formula is C18H20O7. The van der Waals surface area contributed by atoms with Gasteiger partial charge in [-0.3, -0.25) is 0 Å². The topological polar surface area (TPSA) is 102 Å². The predicted molar refractivity (Wildman–Crippen MR) is 87.5 cm³/mol. The summed E-state index contributed by atoms with van der Waals surface area (Å²) < 4.78 is 15.1. The van der Waals surface area contributed by atoms with Crippen molar-refractivity contribution in [2.75, 3.05) is 19.8 Å². The van der Waals surface area contributed by atoms with E-state index in [9.17, 15) is 14.4 Å². The highest BCUT2D eigenvalue weighted by molar-refractivity contribution is 5.94. The Balaban J connectivity index is 1.97. The maximum absolute atomic E-state index is 12.2. The molecule has 0 amide bonds. The summed E-state index contributed by atoms with van der Waals surface area (Å²) in [6.07, 6.45) is 2.73. The largest absolute Gasteiger partial charge is 0.478 e. The van der Waals surface area contributed by atoms with E-state index in [4.69, 9.17) is 19.3 Å². The molecule has 134 valence electrons. The Hall–Kier alpha value is -2.67. The van der Waals surface area contributed by atoms with E-state index in [-0.39, 0.29) is 24.9 Å². The van der Waals surface area contributed by atoms with Gasteiger partial charge in [-0.2, -0.15) is 0 Å². The number of epoxide rings is 1. The summed E-state index contributed by atoms with van der Waals surface area (Å²) >= 11 is 0. The first-order valence-corrected chi connectivity index (χ1v) is 7.95. The number of aromatic carboxylic acids is 1. The number of ether oxygens (including phenoxy) is 3. The van der Waals surface area contributed by atoms with Gasteiger partial charge >= 0.3 is 17.9 Å². The molecule has 0 spiro atoms. The number of hydrogen-bond acceptors (Lipinski definition) is 6. The highest BCUT2D eigenvalue weighted by Crippen LogP contribution is 2.18. The number of carboxylic acid groups (broad SMARTS) is 1. The van der Waals surface area contributed by atoms with Gasteiger partial charge in [0.25, 0.3) is 0 Å². The van der Waals surface area contributed by atoms with E-state index in [1.807, 2.05) is 0 Å². The lowest BCUT2D eigenvalue weighted by molar-refractivity contribution is -0.137. The molecule has 1 N–H and O–H groups in total. The van der Waals surface area contributed by atoms with Gasteiger partial charge in [-0.1, -0.05) is 6.58 Å². The first-order chi connectivity index (χ1) is 12.0. The quantitative estimate of drug-likeness (QED) is 0.298. The second kappa shape index (κ2) is 8.98. The molecule has 25 heavy (non-hydrogen) atoms. The number of unbranched alkanes of at least 4 members (excludes halogenated alkanes) is 1. The van der Waals surface area contributed by atoms with Crippen molar-refractivity contribution in [3.8, 4) is 0 Å². The highest BCUT2D eigenvalue weighted by atomic mass is 16.6. The number of rotatable bonds is 10. The van der Waals surface area contributed by atoms with Crippen molar-refractivity contribution in [3.05, 3.63) is 47.5 Å². The Morgan fingerprint density at radius 2 is 2.04 bits per heavy atom. The zero-order valence-electron chi connectivity index (χ0n) is 13.7. The fourth-order valence-corrected chi connectivity index (χ4v) is 2.19. The predicted octanol–water partition coefficient (Wildman–Crippen LogP) is 1.99. The molecule has 1 aliphatic rings. The molecule has 1 unspecified atom stereocenters. The van der Waals surface area contributed by atoms with E-state index >= 15 is 0 Å². The maximum Gasteiger partial charge on any atom is 0.338 e. The Morgan fingerprint density at radius 1 is 1.28 bits per heavy atom. The first-order valence-electron chi connectivity index (χ1n) is 7.95. The van der Waals surface area contributed by atoms with Crippen LogP contribution in [-0.2, 0) is 25.4 Å². The SMILES string of the molecule is C=CC(=O)OCCCCc1cc(C(=O)O)ccc1C(=O)OCC1CO1. The van der Waals surface area contributed by atoms with Crippen LogP contribution in [0.3, 0.4) is 0 Å². The van der Waals surface area contributed by atoms with Crippen LogP contribution < -0.4 is 0 Å². The number of carboxylic acids is 1. The average molecular weight is 348 g/mol. The van der Waals surface area contributed by atoms with Gasteiger partial charge in [-0.15, -0.1) is 0 Å². The average Bonchev–Trinajstić information content (AvgIpc) is 3.43. The van der Waals surface area contributed by atoms with E-state index in [0.29, 0.717) is 37.0 Å². The summed E-state index contributed by atoms with van der Waals surface area (Å²) in [5, 5.41) is 9.12. The van der Waals surface area contributed by atoms with Crippen molar-refractivity contribution in [2.24, 2.45) is 0 Å². The minimum absolute atomic E-state index is 0.0368. The molecule has 1 aliphatic heterocycles. The molecule has 0 aliphatic carbocycles. The molecule has 1 heterocycles. The number of carbonyl (C=O) groups excluding carboxylic acids is 2. The lowest BCUT2D eigenvalue weighted by atomic mass is 9.99. The number of esters is 2. The Bertz CT molecular complexity index is 661. The maximum atomic E-state index is 12.2. The molecule has 1 aromatic carbocycles. The van der Waals surface area contributed by atoms with Gasteiger partial charge in [0.2, 0.25) is 0 Å². The summed E-state index contributed by atoms with van der Waals surface area (Å²) in [5.74, 6) is -2.05. The van der Waals surface area contributed by atoms with Crippen LogP contribution in [0, 0.1) is 0 Å². The Labute approximate surface area is 145 Å². The second-order valence-electron chi connectivity index (χ2n) is 5.56.